The second kappa shape index (κ2) is 8.08. The van der Waals surface area contributed by atoms with Crippen molar-refractivity contribution in [3.63, 3.8) is 0 Å². The molecule has 3 rings (SSSR count). The number of carbonyl (C=O) groups is 1. The van der Waals surface area contributed by atoms with Crippen LogP contribution in [-0.2, 0) is 0 Å². The minimum absolute atomic E-state index is 0.305. The average molecular weight is 351 g/mol. The zero-order valence-electron chi connectivity index (χ0n) is 13.2. The van der Waals surface area contributed by atoms with Crippen molar-refractivity contribution in [3.8, 4) is 11.3 Å². The highest BCUT2D eigenvalue weighted by atomic mass is 35.5. The predicted octanol–water partition coefficient (Wildman–Crippen LogP) is 4.16. The lowest BCUT2D eigenvalue weighted by Gasteiger charge is -1.98. The fourth-order valence-corrected chi connectivity index (χ4v) is 2.39. The van der Waals surface area contributed by atoms with Crippen molar-refractivity contribution in [2.24, 2.45) is 5.10 Å². The molecule has 0 saturated heterocycles. The van der Waals surface area contributed by atoms with E-state index in [1.165, 1.54) is 6.21 Å². The molecule has 0 radical (unpaired) electrons. The second-order valence-electron chi connectivity index (χ2n) is 5.14. The summed E-state index contributed by atoms with van der Waals surface area (Å²) in [4.78, 5) is 12.1. The molecule has 0 saturated carbocycles. The van der Waals surface area contributed by atoms with Crippen molar-refractivity contribution in [1.29, 1.82) is 0 Å². The number of hydrogen-bond acceptors (Lipinski definition) is 3. The molecule has 0 aliphatic heterocycles. The second-order valence-corrected chi connectivity index (χ2v) is 5.54. The minimum atomic E-state index is -0.379. The third-order valence-corrected chi connectivity index (χ3v) is 3.72. The van der Waals surface area contributed by atoms with Gasteiger partial charge < -0.3 is 0 Å². The monoisotopic (exact) mass is 350 g/mol. The smallest absolute Gasteiger partial charge is 0.272 e. The number of carbonyl (C=O) groups excluding carboxylic acids is 1. The Morgan fingerprint density at radius 2 is 1.88 bits per heavy atom. The van der Waals surface area contributed by atoms with Gasteiger partial charge in [-0.1, -0.05) is 66.2 Å². The number of benzene rings is 2. The molecule has 0 aliphatic rings. The Morgan fingerprint density at radius 3 is 2.68 bits per heavy atom. The summed E-state index contributed by atoms with van der Waals surface area (Å²) in [6, 6.07) is 18.7. The first-order valence-electron chi connectivity index (χ1n) is 7.59. The molecular formula is C19H15ClN4O. The average Bonchev–Trinajstić information content (AvgIpc) is 3.12. The van der Waals surface area contributed by atoms with Gasteiger partial charge in [-0.05, 0) is 23.8 Å². The number of nitrogens with zero attached hydrogens (tertiary/aromatic N) is 2. The number of aromatic amines is 1. The zero-order chi connectivity index (χ0) is 17.5. The molecule has 124 valence electrons. The molecule has 0 unspecified atom stereocenters. The standard InChI is InChI=1S/C19H15ClN4O/c20-16-11-5-4-10-15(16)17-13-18(23-22-17)19(25)24-21-12-6-9-14-7-2-1-3-8-14/h1-13H,(H,22,23)(H,24,25)/b9-6+,21-12+. The van der Waals surface area contributed by atoms with Gasteiger partial charge in [0.1, 0.15) is 5.69 Å². The van der Waals surface area contributed by atoms with Crippen molar-refractivity contribution in [2.45, 2.75) is 0 Å². The third kappa shape index (κ3) is 4.43. The summed E-state index contributed by atoms with van der Waals surface area (Å²) < 4.78 is 0. The lowest BCUT2D eigenvalue weighted by molar-refractivity contribution is 0.0950. The van der Waals surface area contributed by atoms with Gasteiger partial charge in [0.05, 0.1) is 10.7 Å². The predicted molar refractivity (Wildman–Crippen MR) is 100 cm³/mol. The fraction of sp³-hybridized carbons (Fsp3) is 0. The van der Waals surface area contributed by atoms with E-state index in [2.05, 4.69) is 20.7 Å². The molecule has 0 atom stereocenters. The largest absolute Gasteiger partial charge is 0.289 e. The summed E-state index contributed by atoms with van der Waals surface area (Å²) in [5.41, 5.74) is 5.16. The molecule has 0 bridgehead atoms. The summed E-state index contributed by atoms with van der Waals surface area (Å²) in [5.74, 6) is -0.379. The van der Waals surface area contributed by atoms with E-state index >= 15 is 0 Å². The SMILES string of the molecule is O=C(N/N=C/C=C/c1ccccc1)c1cc(-c2ccccc2Cl)n[nH]1. The lowest BCUT2D eigenvalue weighted by Crippen LogP contribution is -2.17. The van der Waals surface area contributed by atoms with Gasteiger partial charge in [-0.3, -0.25) is 9.89 Å². The highest BCUT2D eigenvalue weighted by Crippen LogP contribution is 2.26. The van der Waals surface area contributed by atoms with Crippen LogP contribution in [0.2, 0.25) is 5.02 Å². The topological polar surface area (TPSA) is 70.1 Å². The molecular weight excluding hydrogens is 336 g/mol. The van der Waals surface area contributed by atoms with Crippen molar-refractivity contribution >= 4 is 29.8 Å². The Bertz CT molecular complexity index is 916. The highest BCUT2D eigenvalue weighted by Gasteiger charge is 2.11. The Balaban J connectivity index is 1.60. The third-order valence-electron chi connectivity index (χ3n) is 3.39. The molecule has 0 fully saturated rings. The lowest BCUT2D eigenvalue weighted by atomic mass is 10.1. The quantitative estimate of drug-likeness (QED) is 0.536. The van der Waals surface area contributed by atoms with Crippen molar-refractivity contribution in [1.82, 2.24) is 15.6 Å². The van der Waals surface area contributed by atoms with Crippen molar-refractivity contribution < 1.29 is 4.79 Å². The number of hydrogen-bond donors (Lipinski definition) is 2. The van der Waals surface area contributed by atoms with Gasteiger partial charge in [-0.15, -0.1) is 0 Å². The number of nitrogens with one attached hydrogen (secondary N) is 2. The Hall–Kier alpha value is -3.18. The van der Waals surface area contributed by atoms with Gasteiger partial charge in [0.2, 0.25) is 0 Å². The Morgan fingerprint density at radius 1 is 1.12 bits per heavy atom. The van der Waals surface area contributed by atoms with E-state index in [1.807, 2.05) is 54.6 Å². The van der Waals surface area contributed by atoms with E-state index in [-0.39, 0.29) is 5.91 Å². The first-order chi connectivity index (χ1) is 12.2. The van der Waals surface area contributed by atoms with Crippen LogP contribution in [0.15, 0.2) is 71.8 Å². The van der Waals surface area contributed by atoms with Crippen LogP contribution < -0.4 is 5.43 Å². The van der Waals surface area contributed by atoms with Gasteiger partial charge in [0.15, 0.2) is 0 Å². The first-order valence-corrected chi connectivity index (χ1v) is 7.97. The van der Waals surface area contributed by atoms with E-state index in [0.29, 0.717) is 16.4 Å². The van der Waals surface area contributed by atoms with Gasteiger partial charge in [-0.2, -0.15) is 10.2 Å². The normalized spacial score (nSPS) is 11.2. The minimum Gasteiger partial charge on any atom is -0.272 e. The number of allylic oxidation sites excluding steroid dienone is 1. The van der Waals surface area contributed by atoms with Crippen LogP contribution in [0.1, 0.15) is 16.1 Å². The molecule has 0 aliphatic carbocycles. The first kappa shape index (κ1) is 16.7. The van der Waals surface area contributed by atoms with Crippen molar-refractivity contribution in [2.75, 3.05) is 0 Å². The van der Waals surface area contributed by atoms with Gasteiger partial charge >= 0.3 is 0 Å². The number of rotatable bonds is 5. The molecule has 0 spiro atoms. The van der Waals surface area contributed by atoms with E-state index in [1.54, 1.807) is 18.2 Å². The molecule has 25 heavy (non-hydrogen) atoms. The molecule has 5 nitrogen and oxygen atoms in total. The summed E-state index contributed by atoms with van der Waals surface area (Å²) in [6.45, 7) is 0. The number of halogens is 1. The number of H-pyrrole nitrogens is 1. The molecule has 6 heteroatoms. The maximum atomic E-state index is 12.1. The van der Waals surface area contributed by atoms with Gasteiger partial charge in [-0.25, -0.2) is 5.43 Å². The maximum Gasteiger partial charge on any atom is 0.289 e. The van der Waals surface area contributed by atoms with E-state index < -0.39 is 0 Å². The van der Waals surface area contributed by atoms with Crippen LogP contribution in [0.5, 0.6) is 0 Å². The summed E-state index contributed by atoms with van der Waals surface area (Å²) >= 11 is 6.13. The zero-order valence-corrected chi connectivity index (χ0v) is 13.9. The molecule has 2 aromatic carbocycles. The molecule has 1 heterocycles. The molecule has 1 amide bonds. The summed E-state index contributed by atoms with van der Waals surface area (Å²) in [5, 5.41) is 11.3. The summed E-state index contributed by atoms with van der Waals surface area (Å²) in [6.07, 6.45) is 5.15. The molecule has 2 N–H and O–H groups in total. The van der Waals surface area contributed by atoms with Gasteiger partial charge in [0.25, 0.3) is 5.91 Å². The maximum absolute atomic E-state index is 12.1. The Kier molecular flexibility index (Phi) is 5.39. The highest BCUT2D eigenvalue weighted by molar-refractivity contribution is 6.33. The number of hydrazone groups is 1. The van der Waals surface area contributed by atoms with E-state index in [4.69, 9.17) is 11.6 Å². The van der Waals surface area contributed by atoms with Crippen LogP contribution in [-0.4, -0.2) is 22.3 Å². The van der Waals surface area contributed by atoms with Crippen LogP contribution in [0.25, 0.3) is 17.3 Å². The van der Waals surface area contributed by atoms with E-state index in [0.717, 1.165) is 11.1 Å². The van der Waals surface area contributed by atoms with Crippen LogP contribution in [0, 0.1) is 0 Å². The van der Waals surface area contributed by atoms with E-state index in [9.17, 15) is 4.79 Å². The van der Waals surface area contributed by atoms with Gasteiger partial charge in [0, 0.05) is 11.8 Å². The Labute approximate surface area is 150 Å². The summed E-state index contributed by atoms with van der Waals surface area (Å²) in [7, 11) is 0. The van der Waals surface area contributed by atoms with Crippen LogP contribution in [0.3, 0.4) is 0 Å². The molecule has 1 aromatic heterocycles. The van der Waals surface area contributed by atoms with Crippen molar-refractivity contribution in [3.05, 3.63) is 83.0 Å². The number of amides is 1. The van der Waals surface area contributed by atoms with Crippen LogP contribution >= 0.6 is 11.6 Å². The van der Waals surface area contributed by atoms with Crippen LogP contribution in [0.4, 0.5) is 0 Å². The molecule has 3 aromatic rings. The fourth-order valence-electron chi connectivity index (χ4n) is 2.16. The number of aromatic nitrogens is 2.